The largest absolute Gasteiger partial charge is 0.768 e. The van der Waals surface area contributed by atoms with Gasteiger partial charge in [-0.25, -0.2) is 19.3 Å². The molecule has 37 heavy (non-hydrogen) atoms. The lowest BCUT2D eigenvalue weighted by Crippen LogP contribution is -2.28. The van der Waals surface area contributed by atoms with Crippen molar-refractivity contribution in [2.24, 2.45) is 0 Å². The maximum atomic E-state index is 13.5. The number of hydrogen-bond donors (Lipinski definition) is 1. The van der Waals surface area contributed by atoms with E-state index in [1.165, 1.54) is 24.4 Å². The number of ether oxygens (including phenoxy) is 1. The predicted molar refractivity (Wildman–Crippen MR) is 123 cm³/mol. The molecule has 2 N–H and O–H groups in total. The van der Waals surface area contributed by atoms with Gasteiger partial charge in [-0.05, 0) is 63.6 Å². The number of halogens is 1. The van der Waals surface area contributed by atoms with Crippen LogP contribution >= 0.6 is 0 Å². The fourth-order valence-electron chi connectivity index (χ4n) is 3.40. The number of anilines is 1. The van der Waals surface area contributed by atoms with Crippen LogP contribution in [0.1, 0.15) is 6.23 Å². The molecule has 196 valence electrons. The van der Waals surface area contributed by atoms with Crippen molar-refractivity contribution in [1.29, 1.82) is 0 Å². The van der Waals surface area contributed by atoms with E-state index in [1.807, 2.05) is 0 Å². The highest BCUT2D eigenvalue weighted by Gasteiger charge is 2.37. The molecule has 0 radical (unpaired) electrons. The third kappa shape index (κ3) is 5.20. The smallest absolute Gasteiger partial charge is 0.220 e. The van der Waals surface area contributed by atoms with E-state index in [4.69, 9.17) is 10.5 Å². The van der Waals surface area contributed by atoms with E-state index in [0.29, 0.717) is 0 Å². The molecule has 1 aliphatic rings. The minimum atomic E-state index is -3.56. The molecule has 0 spiro atoms. The van der Waals surface area contributed by atoms with Crippen molar-refractivity contribution in [2.45, 2.75) is 6.23 Å². The SMILES string of the molecule is Nc1nccc(-c2c(-c3ccc(F)cc3)ncn2C2OC(S(=O)[O-])=C(S(=O)[O-])C(S(=O)[O-])=C2S(=O)[O-])n1. The van der Waals surface area contributed by atoms with E-state index in [1.54, 1.807) is 0 Å². The third-order valence-corrected chi connectivity index (χ3v) is 8.04. The minimum absolute atomic E-state index is 0.000672. The summed E-state index contributed by atoms with van der Waals surface area (Å²) < 4.78 is 115. The summed E-state index contributed by atoms with van der Waals surface area (Å²) in [5.74, 6) is -0.804. The van der Waals surface area contributed by atoms with Crippen molar-refractivity contribution in [3.05, 3.63) is 68.5 Å². The van der Waals surface area contributed by atoms with Gasteiger partial charge in [0.2, 0.25) is 12.2 Å². The quantitative estimate of drug-likeness (QED) is 0.363. The lowest BCUT2D eigenvalue weighted by molar-refractivity contribution is 0.105. The van der Waals surface area contributed by atoms with Crippen LogP contribution < -0.4 is 5.73 Å². The van der Waals surface area contributed by atoms with E-state index in [0.717, 1.165) is 23.0 Å². The molecule has 0 amide bonds. The number of hydrogen-bond acceptors (Lipinski definition) is 13. The highest BCUT2D eigenvalue weighted by atomic mass is 32.2. The Labute approximate surface area is 216 Å². The van der Waals surface area contributed by atoms with Crippen LogP contribution in [0.5, 0.6) is 0 Å². The van der Waals surface area contributed by atoms with Gasteiger partial charge in [0.05, 0.1) is 38.1 Å². The first-order chi connectivity index (χ1) is 17.5. The van der Waals surface area contributed by atoms with Crippen molar-refractivity contribution < 1.29 is 44.2 Å². The molecule has 0 saturated carbocycles. The second-order valence-corrected chi connectivity index (χ2v) is 10.4. The lowest BCUT2D eigenvalue weighted by Gasteiger charge is -2.36. The molecule has 19 heteroatoms. The molecule has 3 heterocycles. The van der Waals surface area contributed by atoms with E-state index in [9.17, 15) is 39.4 Å². The van der Waals surface area contributed by atoms with Crippen LogP contribution in [0.4, 0.5) is 10.3 Å². The molecule has 3 aromatic rings. The summed E-state index contributed by atoms with van der Waals surface area (Å²) >= 11 is -14.0. The van der Waals surface area contributed by atoms with Crippen LogP contribution in [0.25, 0.3) is 22.6 Å². The number of nitrogen functional groups attached to an aromatic ring is 1. The van der Waals surface area contributed by atoms with E-state index < -0.39 is 76.2 Å². The fraction of sp³-hybridized carbons (Fsp3) is 0.0556. The summed E-state index contributed by atoms with van der Waals surface area (Å²) in [5, 5.41) is -1.35. The van der Waals surface area contributed by atoms with Gasteiger partial charge in [-0.1, -0.05) is 0 Å². The number of benzene rings is 1. The average Bonchev–Trinajstić information content (AvgIpc) is 3.27. The summed E-state index contributed by atoms with van der Waals surface area (Å²) in [5.41, 5.74) is 5.93. The lowest BCUT2D eigenvalue weighted by atomic mass is 10.1. The molecule has 1 aliphatic heterocycles. The Hall–Kier alpha value is -3.04. The van der Waals surface area contributed by atoms with Crippen molar-refractivity contribution in [1.82, 2.24) is 19.5 Å². The first-order valence-electron chi connectivity index (χ1n) is 9.45. The van der Waals surface area contributed by atoms with Crippen LogP contribution in [0, 0.1) is 5.82 Å². The highest BCUT2D eigenvalue weighted by Crippen LogP contribution is 2.43. The fourth-order valence-corrected chi connectivity index (χ4v) is 6.71. The van der Waals surface area contributed by atoms with Gasteiger partial charge >= 0.3 is 0 Å². The summed E-state index contributed by atoms with van der Waals surface area (Å²) in [7, 11) is 0. The maximum Gasteiger partial charge on any atom is 0.220 e. The Balaban J connectivity index is 2.07. The van der Waals surface area contributed by atoms with Gasteiger partial charge in [-0.15, -0.1) is 0 Å². The average molecular weight is 588 g/mol. The number of nitrogens with zero attached hydrogens (tertiary/aromatic N) is 4. The van der Waals surface area contributed by atoms with Gasteiger partial charge in [0, 0.05) is 22.8 Å². The molecule has 14 nitrogen and oxygen atoms in total. The number of imidazole rings is 1. The second-order valence-electron chi connectivity index (χ2n) is 6.88. The van der Waals surface area contributed by atoms with Crippen molar-refractivity contribution >= 4 is 50.3 Å². The van der Waals surface area contributed by atoms with Crippen LogP contribution in [0.15, 0.2) is 62.7 Å². The summed E-state index contributed by atoms with van der Waals surface area (Å²) in [6.07, 6.45) is 0.127. The number of nitrogens with two attached hydrogens (primary N) is 1. The van der Waals surface area contributed by atoms with Crippen LogP contribution in [-0.2, 0) is 49.1 Å². The molecule has 4 rings (SSSR count). The van der Waals surface area contributed by atoms with Crippen LogP contribution in [0.3, 0.4) is 0 Å². The molecular formula is C18H10FN5O9S4-4. The Morgan fingerprint density at radius 1 is 0.892 bits per heavy atom. The summed E-state index contributed by atoms with van der Waals surface area (Å²) in [4.78, 5) is 8.11. The van der Waals surface area contributed by atoms with Gasteiger partial charge < -0.3 is 28.7 Å². The first-order valence-corrected chi connectivity index (χ1v) is 13.7. The minimum Gasteiger partial charge on any atom is -0.768 e. The Kier molecular flexibility index (Phi) is 7.85. The van der Waals surface area contributed by atoms with Crippen LogP contribution in [0.2, 0.25) is 0 Å². The number of rotatable bonds is 7. The molecule has 0 fully saturated rings. The first kappa shape index (κ1) is 27.0. The molecule has 0 aliphatic carbocycles. The Morgan fingerprint density at radius 3 is 2.08 bits per heavy atom. The van der Waals surface area contributed by atoms with Gasteiger partial charge in [0.25, 0.3) is 0 Å². The third-order valence-electron chi connectivity index (χ3n) is 4.80. The Morgan fingerprint density at radius 2 is 1.54 bits per heavy atom. The Bertz CT molecular complexity index is 1560. The van der Waals surface area contributed by atoms with E-state index in [-0.39, 0.29) is 28.6 Å². The summed E-state index contributed by atoms with van der Waals surface area (Å²) in [6.45, 7) is 0. The van der Waals surface area contributed by atoms with Gasteiger partial charge in [-0.3, -0.25) is 21.4 Å². The number of aromatic nitrogens is 4. The predicted octanol–water partition coefficient (Wildman–Crippen LogP) is 0.154. The highest BCUT2D eigenvalue weighted by molar-refractivity contribution is 7.92. The molecule has 5 unspecified atom stereocenters. The van der Waals surface area contributed by atoms with Crippen LogP contribution in [-0.4, -0.2) is 54.6 Å². The van der Waals surface area contributed by atoms with Gasteiger partial charge in [-0.2, -0.15) is 0 Å². The monoisotopic (exact) mass is 587 g/mol. The van der Waals surface area contributed by atoms with E-state index in [2.05, 4.69) is 15.0 Å². The molecule has 2 aromatic heterocycles. The maximum absolute atomic E-state index is 13.5. The standard InChI is InChI=1S/C18H14FN5O9S4/c19-9-3-1-8(2-4-9)11-12(10-5-6-21-18(20)23-10)24(7-22-11)16-14(35(27)28)13(34(25)26)15(36(29)30)17(33-16)37(31)32/h1-7,16H,(H,25,26)(H,27,28)(H,29,30)(H,31,32)(H2,20,21,23)/p-4. The molecule has 5 atom stereocenters. The van der Waals surface area contributed by atoms with E-state index >= 15 is 0 Å². The van der Waals surface area contributed by atoms with Crippen molar-refractivity contribution in [3.8, 4) is 22.6 Å². The molecule has 0 saturated heterocycles. The summed E-state index contributed by atoms with van der Waals surface area (Å²) in [6, 6.07) is 6.20. The van der Waals surface area contributed by atoms with Gasteiger partial charge in [0.1, 0.15) is 5.82 Å². The zero-order valence-corrected chi connectivity index (χ0v) is 20.9. The molecular weight excluding hydrogens is 577 g/mol. The zero-order valence-electron chi connectivity index (χ0n) is 17.7. The molecule has 0 bridgehead atoms. The van der Waals surface area contributed by atoms with Gasteiger partial charge in [0.15, 0.2) is 5.09 Å². The zero-order chi connectivity index (χ0) is 27.0. The second kappa shape index (κ2) is 10.8. The normalized spacial score (nSPS) is 19.3. The topological polar surface area (TPSA) is 239 Å². The van der Waals surface area contributed by atoms with Crippen molar-refractivity contribution in [3.63, 3.8) is 0 Å². The molecule has 1 aromatic carbocycles. The van der Waals surface area contributed by atoms with Crippen molar-refractivity contribution in [2.75, 3.05) is 5.73 Å².